The maximum Gasteiger partial charge on any atom is 0.435 e. The lowest BCUT2D eigenvalue weighted by Crippen LogP contribution is -2.35. The molecule has 0 spiro atoms. The molecule has 1 aliphatic carbocycles. The molecule has 35 heavy (non-hydrogen) atoms. The molecule has 1 unspecified atom stereocenters. The van der Waals surface area contributed by atoms with Gasteiger partial charge >= 0.3 is 6.18 Å². The molecule has 184 valence electrons. The number of aryl methyl sites for hydroxylation is 1. The summed E-state index contributed by atoms with van der Waals surface area (Å²) in [5, 5.41) is 9.32. The molecule has 1 heterocycles. The van der Waals surface area contributed by atoms with E-state index in [0.29, 0.717) is 17.5 Å². The zero-order valence-electron chi connectivity index (χ0n) is 18.7. The van der Waals surface area contributed by atoms with Crippen molar-refractivity contribution < 1.29 is 22.8 Å². The van der Waals surface area contributed by atoms with Gasteiger partial charge in [-0.25, -0.2) is 4.68 Å². The van der Waals surface area contributed by atoms with Crippen LogP contribution in [-0.4, -0.2) is 27.6 Å². The van der Waals surface area contributed by atoms with Gasteiger partial charge in [-0.15, -0.1) is 0 Å². The molecule has 2 N–H and O–H groups in total. The molecule has 2 aromatic carbocycles. The van der Waals surface area contributed by atoms with E-state index in [9.17, 15) is 22.8 Å². The molecular formula is C24H21ClF3IN4O2. The van der Waals surface area contributed by atoms with Crippen molar-refractivity contribution in [2.24, 2.45) is 5.92 Å². The molecule has 1 saturated carbocycles. The van der Waals surface area contributed by atoms with Crippen LogP contribution in [0.2, 0.25) is 5.02 Å². The van der Waals surface area contributed by atoms with Crippen molar-refractivity contribution in [3.05, 3.63) is 73.6 Å². The molecule has 2 amide bonds. The van der Waals surface area contributed by atoms with Crippen LogP contribution >= 0.6 is 34.2 Å². The van der Waals surface area contributed by atoms with Crippen molar-refractivity contribution in [2.45, 2.75) is 38.9 Å². The Bertz CT molecular complexity index is 1300. The molecule has 0 saturated heterocycles. The minimum absolute atomic E-state index is 0.0276. The minimum Gasteiger partial charge on any atom is -0.349 e. The number of nitrogens with zero attached hydrogens (tertiary/aromatic N) is 2. The van der Waals surface area contributed by atoms with Crippen LogP contribution in [0.4, 0.5) is 18.9 Å². The average molecular weight is 617 g/mol. The number of hydrogen-bond donors (Lipinski definition) is 2. The van der Waals surface area contributed by atoms with Gasteiger partial charge in [0.1, 0.15) is 5.69 Å². The zero-order valence-corrected chi connectivity index (χ0v) is 21.6. The fourth-order valence-corrected chi connectivity index (χ4v) is 4.75. The Hall–Kier alpha value is -2.60. The first-order valence-electron chi connectivity index (χ1n) is 10.8. The second-order valence-corrected chi connectivity index (χ2v) is 10.1. The first kappa shape index (κ1) is 25.5. The number of anilines is 1. The van der Waals surface area contributed by atoms with E-state index in [-0.39, 0.29) is 39.6 Å². The number of carbonyl (C=O) groups is 2. The number of para-hydroxylation sites is 1. The first-order valence-corrected chi connectivity index (χ1v) is 12.3. The van der Waals surface area contributed by atoms with Crippen molar-refractivity contribution in [3.8, 4) is 5.69 Å². The topological polar surface area (TPSA) is 76.0 Å². The molecule has 6 nitrogen and oxygen atoms in total. The summed E-state index contributed by atoms with van der Waals surface area (Å²) in [6.45, 7) is 3.64. The molecule has 1 fully saturated rings. The Morgan fingerprint density at radius 1 is 1.17 bits per heavy atom. The van der Waals surface area contributed by atoms with Gasteiger partial charge < -0.3 is 10.6 Å². The SMILES string of the molecule is Cc1cc(I)cc(C(=O)NC(C)C2CC2)c1NC(=O)c1cc(C(F)(F)F)nn1-c1ccccc1Cl. The maximum absolute atomic E-state index is 13.5. The molecule has 4 rings (SSSR count). The third-order valence-electron chi connectivity index (χ3n) is 5.78. The lowest BCUT2D eigenvalue weighted by atomic mass is 10.1. The summed E-state index contributed by atoms with van der Waals surface area (Å²) in [4.78, 5) is 26.3. The van der Waals surface area contributed by atoms with Crippen LogP contribution in [0.1, 0.15) is 51.9 Å². The van der Waals surface area contributed by atoms with Crippen LogP contribution in [0.3, 0.4) is 0 Å². The van der Waals surface area contributed by atoms with Crippen LogP contribution in [0.15, 0.2) is 42.5 Å². The summed E-state index contributed by atoms with van der Waals surface area (Å²) in [5.41, 5.74) is -0.453. The van der Waals surface area contributed by atoms with E-state index in [2.05, 4.69) is 38.3 Å². The maximum atomic E-state index is 13.5. The van der Waals surface area contributed by atoms with Crippen LogP contribution in [0.25, 0.3) is 5.69 Å². The lowest BCUT2D eigenvalue weighted by Gasteiger charge is -2.18. The van der Waals surface area contributed by atoms with E-state index >= 15 is 0 Å². The largest absolute Gasteiger partial charge is 0.435 e. The highest BCUT2D eigenvalue weighted by Crippen LogP contribution is 2.34. The van der Waals surface area contributed by atoms with Gasteiger partial charge in [0.2, 0.25) is 0 Å². The highest BCUT2D eigenvalue weighted by molar-refractivity contribution is 14.1. The fourth-order valence-electron chi connectivity index (χ4n) is 3.75. The Morgan fingerprint density at radius 3 is 2.49 bits per heavy atom. The summed E-state index contributed by atoms with van der Waals surface area (Å²) < 4.78 is 42.0. The van der Waals surface area contributed by atoms with Crippen molar-refractivity contribution in [3.63, 3.8) is 0 Å². The number of hydrogen-bond acceptors (Lipinski definition) is 3. The third kappa shape index (κ3) is 5.64. The number of rotatable bonds is 6. The second-order valence-electron chi connectivity index (χ2n) is 8.47. The Kier molecular flexibility index (Phi) is 7.14. The van der Waals surface area contributed by atoms with E-state index in [0.717, 1.165) is 21.1 Å². The quantitative estimate of drug-likeness (QED) is 0.322. The number of nitrogens with one attached hydrogen (secondary N) is 2. The van der Waals surface area contributed by atoms with Gasteiger partial charge in [0.15, 0.2) is 5.69 Å². The average Bonchev–Trinajstić information content (AvgIpc) is 3.53. The van der Waals surface area contributed by atoms with Crippen molar-refractivity contribution in [1.29, 1.82) is 0 Å². The summed E-state index contributed by atoms with van der Waals surface area (Å²) in [6.07, 6.45) is -2.68. The van der Waals surface area contributed by atoms with Crippen LogP contribution < -0.4 is 10.6 Å². The molecule has 3 aromatic rings. The monoisotopic (exact) mass is 616 g/mol. The Labute approximate surface area is 218 Å². The van der Waals surface area contributed by atoms with Crippen molar-refractivity contribution >= 4 is 51.7 Å². The van der Waals surface area contributed by atoms with Crippen molar-refractivity contribution in [2.75, 3.05) is 5.32 Å². The van der Waals surface area contributed by atoms with E-state index in [4.69, 9.17) is 11.6 Å². The highest BCUT2D eigenvalue weighted by atomic mass is 127. The van der Waals surface area contributed by atoms with Crippen LogP contribution in [0, 0.1) is 16.4 Å². The van der Waals surface area contributed by atoms with Gasteiger partial charge in [-0.1, -0.05) is 23.7 Å². The number of carbonyl (C=O) groups excluding carboxylic acids is 2. The van der Waals surface area contributed by atoms with Crippen molar-refractivity contribution in [1.82, 2.24) is 15.1 Å². The normalized spacial score (nSPS) is 14.5. The first-order chi connectivity index (χ1) is 16.5. The smallest absolute Gasteiger partial charge is 0.349 e. The van der Waals surface area contributed by atoms with Gasteiger partial charge in [0.25, 0.3) is 11.8 Å². The molecule has 1 aliphatic rings. The third-order valence-corrected chi connectivity index (χ3v) is 6.73. The lowest BCUT2D eigenvalue weighted by molar-refractivity contribution is -0.141. The van der Waals surface area contributed by atoms with Gasteiger partial charge in [0, 0.05) is 15.7 Å². The molecule has 1 aromatic heterocycles. The van der Waals surface area contributed by atoms with E-state index < -0.39 is 17.8 Å². The molecule has 0 radical (unpaired) electrons. The molecule has 0 aliphatic heterocycles. The summed E-state index contributed by atoms with van der Waals surface area (Å²) in [7, 11) is 0. The molecule has 1 atom stereocenters. The number of alkyl halides is 3. The Balaban J connectivity index is 1.73. The van der Waals surface area contributed by atoms with Crippen LogP contribution in [0.5, 0.6) is 0 Å². The molecule has 0 bridgehead atoms. The van der Waals surface area contributed by atoms with Gasteiger partial charge in [0.05, 0.1) is 22.0 Å². The van der Waals surface area contributed by atoms with Crippen LogP contribution in [-0.2, 0) is 6.18 Å². The summed E-state index contributed by atoms with van der Waals surface area (Å²) in [5.74, 6) is -0.801. The molecule has 11 heteroatoms. The number of aromatic nitrogens is 2. The summed E-state index contributed by atoms with van der Waals surface area (Å²) >= 11 is 8.25. The number of benzene rings is 2. The standard InChI is InChI=1S/C24H21ClF3IN4O2/c1-12-9-15(29)10-16(22(34)30-13(2)14-7-8-14)21(12)31-23(35)19-11-20(24(26,27)28)32-33(19)18-6-4-3-5-17(18)25/h3-6,9-11,13-14H,7-8H2,1-2H3,(H,30,34)(H,31,35). The second kappa shape index (κ2) is 9.81. The predicted octanol–water partition coefficient (Wildman–Crippen LogP) is 6.24. The van der Waals surface area contributed by atoms with Gasteiger partial charge in [-0.05, 0) is 85.0 Å². The van der Waals surface area contributed by atoms with Gasteiger partial charge in [-0.3, -0.25) is 9.59 Å². The van der Waals surface area contributed by atoms with E-state index in [1.165, 1.54) is 12.1 Å². The van der Waals surface area contributed by atoms with E-state index in [1.54, 1.807) is 31.2 Å². The number of amides is 2. The highest BCUT2D eigenvalue weighted by Gasteiger charge is 2.37. The van der Waals surface area contributed by atoms with E-state index in [1.807, 2.05) is 6.92 Å². The summed E-state index contributed by atoms with van der Waals surface area (Å²) in [6, 6.07) is 10.2. The minimum atomic E-state index is -4.77. The molecular weight excluding hydrogens is 596 g/mol. The predicted molar refractivity (Wildman–Crippen MR) is 135 cm³/mol. The number of halogens is 5. The fraction of sp³-hybridized carbons (Fsp3) is 0.292. The van der Waals surface area contributed by atoms with Gasteiger partial charge in [-0.2, -0.15) is 18.3 Å². The zero-order chi connectivity index (χ0) is 25.5. The Morgan fingerprint density at radius 2 is 1.86 bits per heavy atom.